The first-order chi connectivity index (χ1) is 22.6. The molecule has 17 heteroatoms. The maximum atomic E-state index is 12.3. The number of piperazine rings is 2. The summed E-state index contributed by atoms with van der Waals surface area (Å²) < 4.78 is 0. The van der Waals surface area contributed by atoms with E-state index in [2.05, 4.69) is 58.1 Å². The number of carboxylic acids is 1. The molecule has 2 heterocycles. The summed E-state index contributed by atoms with van der Waals surface area (Å²) in [7, 11) is 0. The summed E-state index contributed by atoms with van der Waals surface area (Å²) in [6.45, 7) is 13.5. The average molecular weight is 667 g/mol. The van der Waals surface area contributed by atoms with Crippen molar-refractivity contribution in [3.8, 4) is 0 Å². The molecular formula is C30H54N10O7. The van der Waals surface area contributed by atoms with Gasteiger partial charge in [-0.3, -0.25) is 34.1 Å². The van der Waals surface area contributed by atoms with Crippen LogP contribution in [0.3, 0.4) is 0 Å². The van der Waals surface area contributed by atoms with Gasteiger partial charge in [-0.2, -0.15) is 0 Å². The lowest BCUT2D eigenvalue weighted by Crippen LogP contribution is -2.48. The van der Waals surface area contributed by atoms with Gasteiger partial charge in [0, 0.05) is 111 Å². The number of nitrogens with one attached hydrogen (secondary N) is 6. The number of hydrogen-bond acceptors (Lipinski definition) is 11. The first-order valence-electron chi connectivity index (χ1n) is 16.4. The summed E-state index contributed by atoms with van der Waals surface area (Å²) in [5.74, 6) is -1.66. The molecule has 0 radical (unpaired) electrons. The van der Waals surface area contributed by atoms with Crippen LogP contribution in [-0.4, -0.2) is 165 Å². The quantitative estimate of drug-likeness (QED) is 0.0329. The topological polar surface area (TPSA) is 208 Å². The van der Waals surface area contributed by atoms with E-state index in [1.54, 1.807) is 0 Å². The van der Waals surface area contributed by atoms with E-state index < -0.39 is 5.97 Å². The minimum atomic E-state index is -0.766. The zero-order valence-electron chi connectivity index (χ0n) is 27.5. The van der Waals surface area contributed by atoms with Crippen molar-refractivity contribution in [1.29, 1.82) is 0 Å². The minimum absolute atomic E-state index is 0.0357. The normalized spacial score (nSPS) is 16.2. The van der Waals surface area contributed by atoms with Gasteiger partial charge in [-0.15, -0.1) is 0 Å². The van der Waals surface area contributed by atoms with Crippen LogP contribution in [0.1, 0.15) is 38.5 Å². The average Bonchev–Trinajstić information content (AvgIpc) is 3.06. The van der Waals surface area contributed by atoms with Crippen LogP contribution in [0.15, 0.2) is 12.7 Å². The van der Waals surface area contributed by atoms with Gasteiger partial charge in [-0.05, 0) is 19.0 Å². The fourth-order valence-corrected chi connectivity index (χ4v) is 5.05. The highest BCUT2D eigenvalue weighted by Crippen LogP contribution is 2.05. The van der Waals surface area contributed by atoms with Crippen molar-refractivity contribution in [3.05, 3.63) is 12.7 Å². The SMILES string of the molecule is C=CC(=O)NCNC(=O)CCNCNC(=O)CCN1CCN(CCC(=O)NCNC(=O)CCN2CCN(CCCC(=O)O)CC2)CC1. The highest BCUT2D eigenvalue weighted by atomic mass is 16.4. The Morgan fingerprint density at radius 1 is 0.532 bits per heavy atom. The van der Waals surface area contributed by atoms with Gasteiger partial charge in [0.25, 0.3) is 0 Å². The van der Waals surface area contributed by atoms with Crippen LogP contribution < -0.4 is 31.9 Å². The smallest absolute Gasteiger partial charge is 0.303 e. The molecule has 0 saturated carbocycles. The highest BCUT2D eigenvalue weighted by molar-refractivity contribution is 5.87. The Hall–Kier alpha value is -3.64. The van der Waals surface area contributed by atoms with Gasteiger partial charge in [-0.1, -0.05) is 6.58 Å². The largest absolute Gasteiger partial charge is 0.481 e. The Balaban J connectivity index is 1.41. The lowest BCUT2D eigenvalue weighted by molar-refractivity contribution is -0.137. The molecule has 2 aliphatic rings. The number of nitrogens with zero attached hydrogens (tertiary/aromatic N) is 4. The lowest BCUT2D eigenvalue weighted by atomic mass is 10.2. The predicted molar refractivity (Wildman–Crippen MR) is 175 cm³/mol. The van der Waals surface area contributed by atoms with E-state index in [-0.39, 0.29) is 62.4 Å². The lowest BCUT2D eigenvalue weighted by Gasteiger charge is -2.34. The van der Waals surface area contributed by atoms with Gasteiger partial charge < -0.3 is 51.3 Å². The number of carbonyl (C=O) groups excluding carboxylic acids is 5. The molecule has 266 valence electrons. The molecule has 0 aromatic rings. The van der Waals surface area contributed by atoms with Crippen molar-refractivity contribution in [2.75, 3.05) is 105 Å². The molecule has 0 atom stereocenters. The molecule has 0 bridgehead atoms. The van der Waals surface area contributed by atoms with E-state index in [1.165, 1.54) is 0 Å². The zero-order valence-corrected chi connectivity index (χ0v) is 27.5. The number of carbonyl (C=O) groups is 6. The predicted octanol–water partition coefficient (Wildman–Crippen LogP) is -3.12. The molecular weight excluding hydrogens is 612 g/mol. The molecule has 0 spiro atoms. The summed E-state index contributed by atoms with van der Waals surface area (Å²) >= 11 is 0. The second kappa shape index (κ2) is 23.6. The van der Waals surface area contributed by atoms with E-state index >= 15 is 0 Å². The van der Waals surface area contributed by atoms with Crippen LogP contribution in [-0.2, 0) is 28.8 Å². The summed E-state index contributed by atoms with van der Waals surface area (Å²) in [6, 6.07) is 0. The molecule has 0 aromatic heterocycles. The summed E-state index contributed by atoms with van der Waals surface area (Å²) in [5.41, 5.74) is 0. The zero-order chi connectivity index (χ0) is 34.3. The van der Waals surface area contributed by atoms with Gasteiger partial charge in [0.05, 0.1) is 20.0 Å². The molecule has 47 heavy (non-hydrogen) atoms. The second-order valence-corrected chi connectivity index (χ2v) is 11.5. The first kappa shape index (κ1) is 39.5. The van der Waals surface area contributed by atoms with Crippen LogP contribution >= 0.6 is 0 Å². The van der Waals surface area contributed by atoms with Gasteiger partial charge in [0.15, 0.2) is 0 Å². The molecule has 17 nitrogen and oxygen atoms in total. The molecule has 2 aliphatic heterocycles. The highest BCUT2D eigenvalue weighted by Gasteiger charge is 2.19. The van der Waals surface area contributed by atoms with E-state index in [1.807, 2.05) is 0 Å². The molecule has 0 aliphatic carbocycles. The summed E-state index contributed by atoms with van der Waals surface area (Å²) in [6.07, 6.45) is 3.24. The molecule has 2 saturated heterocycles. The summed E-state index contributed by atoms with van der Waals surface area (Å²) in [5, 5.41) is 25.0. The number of aliphatic carboxylic acids is 1. The van der Waals surface area contributed by atoms with E-state index in [9.17, 15) is 28.8 Å². The fraction of sp³-hybridized carbons (Fsp3) is 0.733. The van der Waals surface area contributed by atoms with E-state index in [0.717, 1.165) is 65.0 Å². The van der Waals surface area contributed by atoms with Crippen molar-refractivity contribution in [1.82, 2.24) is 51.5 Å². The number of carboxylic acid groups (broad SMARTS) is 1. The molecule has 5 amide bonds. The molecule has 7 N–H and O–H groups in total. The Kier molecular flexibility index (Phi) is 19.9. The van der Waals surface area contributed by atoms with Crippen LogP contribution in [0.4, 0.5) is 0 Å². The van der Waals surface area contributed by atoms with Gasteiger partial charge in [0.2, 0.25) is 29.5 Å². The van der Waals surface area contributed by atoms with Crippen LogP contribution in [0.25, 0.3) is 0 Å². The Morgan fingerprint density at radius 2 is 0.915 bits per heavy atom. The second-order valence-electron chi connectivity index (χ2n) is 11.5. The minimum Gasteiger partial charge on any atom is -0.481 e. The standard InChI is InChI=1S/C30H54N10O7/c1-2-25(41)33-23-34-26(42)5-9-31-22-32-27(43)6-11-39-18-20-40(21-19-39)13-8-29(45)36-24-35-28(44)7-12-38-16-14-37(15-17-38)10-3-4-30(46)47/h2,31H,1,3-24H2,(H,32,43)(H,33,41)(H,34,42)(H,35,44)(H,36,45)(H,46,47). The fourth-order valence-electron chi connectivity index (χ4n) is 5.05. The number of amides is 5. The Bertz CT molecular complexity index is 1010. The molecule has 2 fully saturated rings. The van der Waals surface area contributed by atoms with Crippen LogP contribution in [0.2, 0.25) is 0 Å². The third-order valence-electron chi connectivity index (χ3n) is 8.00. The molecule has 0 unspecified atom stereocenters. The third kappa shape index (κ3) is 19.6. The maximum absolute atomic E-state index is 12.3. The van der Waals surface area contributed by atoms with Crippen LogP contribution in [0.5, 0.6) is 0 Å². The van der Waals surface area contributed by atoms with Crippen molar-refractivity contribution in [2.24, 2.45) is 0 Å². The molecule has 2 rings (SSSR count). The van der Waals surface area contributed by atoms with Crippen LogP contribution in [0, 0.1) is 0 Å². The molecule has 0 aromatic carbocycles. The van der Waals surface area contributed by atoms with E-state index in [0.29, 0.717) is 51.9 Å². The summed E-state index contributed by atoms with van der Waals surface area (Å²) in [4.78, 5) is 78.9. The monoisotopic (exact) mass is 666 g/mol. The Labute approximate surface area is 277 Å². The number of rotatable bonds is 23. The first-order valence-corrected chi connectivity index (χ1v) is 16.4. The van der Waals surface area contributed by atoms with Crippen molar-refractivity contribution in [2.45, 2.75) is 38.5 Å². The van der Waals surface area contributed by atoms with Gasteiger partial charge >= 0.3 is 5.97 Å². The van der Waals surface area contributed by atoms with Crippen molar-refractivity contribution >= 4 is 35.5 Å². The van der Waals surface area contributed by atoms with Crippen molar-refractivity contribution in [3.63, 3.8) is 0 Å². The van der Waals surface area contributed by atoms with Crippen molar-refractivity contribution < 1.29 is 33.9 Å². The maximum Gasteiger partial charge on any atom is 0.303 e. The van der Waals surface area contributed by atoms with Gasteiger partial charge in [0.1, 0.15) is 0 Å². The van der Waals surface area contributed by atoms with Gasteiger partial charge in [-0.25, -0.2) is 0 Å². The number of hydrogen-bond donors (Lipinski definition) is 7. The van der Waals surface area contributed by atoms with E-state index in [4.69, 9.17) is 5.11 Å². The third-order valence-corrected chi connectivity index (χ3v) is 8.00. The Morgan fingerprint density at radius 3 is 1.34 bits per heavy atom.